The van der Waals surface area contributed by atoms with E-state index >= 15 is 0 Å². The average molecular weight is 148 g/mol. The Morgan fingerprint density at radius 2 is 2.36 bits per heavy atom. The SMILES string of the molecule is C=CN1N=CC=C(C)/C1=C/C. The van der Waals surface area contributed by atoms with Crippen molar-refractivity contribution in [2.45, 2.75) is 13.8 Å². The van der Waals surface area contributed by atoms with Crippen LogP contribution in [-0.2, 0) is 0 Å². The monoisotopic (exact) mass is 148 g/mol. The van der Waals surface area contributed by atoms with Gasteiger partial charge < -0.3 is 0 Å². The molecule has 11 heavy (non-hydrogen) atoms. The summed E-state index contributed by atoms with van der Waals surface area (Å²) in [7, 11) is 0. The summed E-state index contributed by atoms with van der Waals surface area (Å²) in [5.41, 5.74) is 2.31. The summed E-state index contributed by atoms with van der Waals surface area (Å²) in [4.78, 5) is 0. The summed E-state index contributed by atoms with van der Waals surface area (Å²) >= 11 is 0. The lowest BCUT2D eigenvalue weighted by atomic mass is 10.2. The largest absolute Gasteiger partial charge is 0.242 e. The van der Waals surface area contributed by atoms with Crippen LogP contribution in [0, 0.1) is 0 Å². The summed E-state index contributed by atoms with van der Waals surface area (Å²) in [6, 6.07) is 0. The van der Waals surface area contributed by atoms with Crippen molar-refractivity contribution < 1.29 is 0 Å². The molecular weight excluding hydrogens is 136 g/mol. The fourth-order valence-electron chi connectivity index (χ4n) is 1.05. The van der Waals surface area contributed by atoms with Gasteiger partial charge in [-0.05, 0) is 25.5 Å². The molecule has 2 heteroatoms. The first kappa shape index (κ1) is 7.79. The van der Waals surface area contributed by atoms with Crippen molar-refractivity contribution in [2.75, 3.05) is 0 Å². The van der Waals surface area contributed by atoms with E-state index in [2.05, 4.69) is 18.6 Å². The summed E-state index contributed by atoms with van der Waals surface area (Å²) < 4.78 is 0. The van der Waals surface area contributed by atoms with E-state index in [1.807, 2.05) is 19.1 Å². The number of rotatable bonds is 1. The maximum atomic E-state index is 4.10. The van der Waals surface area contributed by atoms with E-state index in [9.17, 15) is 0 Å². The molecule has 0 saturated heterocycles. The van der Waals surface area contributed by atoms with Gasteiger partial charge >= 0.3 is 0 Å². The maximum Gasteiger partial charge on any atom is 0.0632 e. The van der Waals surface area contributed by atoms with E-state index in [1.54, 1.807) is 17.4 Å². The van der Waals surface area contributed by atoms with E-state index in [4.69, 9.17) is 0 Å². The number of nitrogens with zero attached hydrogens (tertiary/aromatic N) is 2. The Labute approximate surface area is 67.2 Å². The van der Waals surface area contributed by atoms with Gasteiger partial charge in [-0.2, -0.15) is 5.10 Å². The zero-order valence-electron chi connectivity index (χ0n) is 6.91. The lowest BCUT2D eigenvalue weighted by Crippen LogP contribution is -2.13. The lowest BCUT2D eigenvalue weighted by molar-refractivity contribution is 0.505. The number of hydrogen-bond donors (Lipinski definition) is 0. The van der Waals surface area contributed by atoms with E-state index in [-0.39, 0.29) is 0 Å². The third-order valence-corrected chi connectivity index (χ3v) is 1.61. The van der Waals surface area contributed by atoms with Crippen molar-refractivity contribution in [3.63, 3.8) is 0 Å². The molecule has 0 aromatic heterocycles. The Balaban J connectivity index is 2.97. The fourth-order valence-corrected chi connectivity index (χ4v) is 1.05. The second-order valence-electron chi connectivity index (χ2n) is 2.32. The van der Waals surface area contributed by atoms with Crippen molar-refractivity contribution >= 4 is 6.21 Å². The van der Waals surface area contributed by atoms with E-state index < -0.39 is 0 Å². The summed E-state index contributed by atoms with van der Waals surface area (Å²) in [6.07, 6.45) is 7.46. The van der Waals surface area contributed by atoms with Crippen molar-refractivity contribution in [3.8, 4) is 0 Å². The fraction of sp³-hybridized carbons (Fsp3) is 0.222. The average Bonchev–Trinajstić information content (AvgIpc) is 2.04. The Kier molecular flexibility index (Phi) is 2.26. The third-order valence-electron chi connectivity index (χ3n) is 1.61. The minimum atomic E-state index is 1.10. The van der Waals surface area contributed by atoms with Crippen LogP contribution in [0.25, 0.3) is 0 Å². The zero-order chi connectivity index (χ0) is 8.27. The highest BCUT2D eigenvalue weighted by molar-refractivity contribution is 5.74. The maximum absolute atomic E-state index is 4.10. The zero-order valence-corrected chi connectivity index (χ0v) is 6.91. The first-order chi connectivity index (χ1) is 5.29. The van der Waals surface area contributed by atoms with Crippen LogP contribution in [0.1, 0.15) is 13.8 Å². The van der Waals surface area contributed by atoms with Crippen LogP contribution in [0.5, 0.6) is 0 Å². The molecule has 0 aromatic carbocycles. The highest BCUT2D eigenvalue weighted by atomic mass is 15.4. The van der Waals surface area contributed by atoms with Crippen molar-refractivity contribution in [1.82, 2.24) is 5.01 Å². The molecule has 0 aromatic rings. The Bertz CT molecular complexity index is 246. The molecule has 1 aliphatic heterocycles. The minimum absolute atomic E-state index is 1.10. The molecule has 0 fully saturated rings. The van der Waals surface area contributed by atoms with Gasteiger partial charge in [-0.1, -0.05) is 12.7 Å². The van der Waals surface area contributed by atoms with Gasteiger partial charge in [-0.3, -0.25) is 0 Å². The van der Waals surface area contributed by atoms with Gasteiger partial charge in [0.05, 0.1) is 5.70 Å². The minimum Gasteiger partial charge on any atom is -0.242 e. The first-order valence-corrected chi connectivity index (χ1v) is 3.59. The first-order valence-electron chi connectivity index (χ1n) is 3.59. The molecule has 0 spiro atoms. The van der Waals surface area contributed by atoms with Gasteiger partial charge in [-0.15, -0.1) is 0 Å². The van der Waals surface area contributed by atoms with Crippen molar-refractivity contribution in [1.29, 1.82) is 0 Å². The van der Waals surface area contributed by atoms with Crippen LogP contribution >= 0.6 is 0 Å². The molecule has 0 N–H and O–H groups in total. The molecule has 0 atom stereocenters. The molecule has 1 heterocycles. The van der Waals surface area contributed by atoms with Gasteiger partial charge in [0.25, 0.3) is 0 Å². The number of hydrazone groups is 1. The second kappa shape index (κ2) is 3.19. The van der Waals surface area contributed by atoms with Crippen LogP contribution in [0.15, 0.2) is 41.3 Å². The smallest absolute Gasteiger partial charge is 0.0632 e. The van der Waals surface area contributed by atoms with Crippen LogP contribution in [0.2, 0.25) is 0 Å². The Morgan fingerprint density at radius 3 is 2.82 bits per heavy atom. The highest BCUT2D eigenvalue weighted by Gasteiger charge is 2.07. The van der Waals surface area contributed by atoms with E-state index in [0.29, 0.717) is 0 Å². The van der Waals surface area contributed by atoms with Gasteiger partial charge in [0.1, 0.15) is 0 Å². The molecule has 1 aliphatic rings. The molecule has 58 valence electrons. The summed E-state index contributed by atoms with van der Waals surface area (Å²) in [6.45, 7) is 7.70. The van der Waals surface area contributed by atoms with Crippen LogP contribution in [0.4, 0.5) is 0 Å². The van der Waals surface area contributed by atoms with Crippen molar-refractivity contribution in [2.24, 2.45) is 5.10 Å². The molecule has 0 saturated carbocycles. The molecule has 0 amide bonds. The molecule has 0 bridgehead atoms. The molecule has 0 unspecified atom stereocenters. The Hall–Kier alpha value is -1.31. The molecule has 0 aliphatic carbocycles. The molecule has 0 radical (unpaired) electrons. The quantitative estimate of drug-likeness (QED) is 0.557. The van der Waals surface area contributed by atoms with Gasteiger partial charge in [0.2, 0.25) is 0 Å². The predicted molar refractivity (Wildman–Crippen MR) is 48.0 cm³/mol. The normalized spacial score (nSPS) is 20.4. The number of hydrogen-bond acceptors (Lipinski definition) is 2. The summed E-state index contributed by atoms with van der Waals surface area (Å²) in [5.74, 6) is 0. The lowest BCUT2D eigenvalue weighted by Gasteiger charge is -2.20. The Morgan fingerprint density at radius 1 is 1.64 bits per heavy atom. The van der Waals surface area contributed by atoms with Crippen LogP contribution in [-0.4, -0.2) is 11.2 Å². The van der Waals surface area contributed by atoms with Crippen molar-refractivity contribution in [3.05, 3.63) is 36.2 Å². The van der Waals surface area contributed by atoms with E-state index in [1.165, 1.54) is 5.57 Å². The summed E-state index contributed by atoms with van der Waals surface area (Å²) in [5, 5.41) is 5.86. The predicted octanol–water partition coefficient (Wildman–Crippen LogP) is 2.28. The molecule has 1 rings (SSSR count). The molecular formula is C9H12N2. The topological polar surface area (TPSA) is 15.6 Å². The molecule has 2 nitrogen and oxygen atoms in total. The van der Waals surface area contributed by atoms with Gasteiger partial charge in [-0.25, -0.2) is 5.01 Å². The van der Waals surface area contributed by atoms with Crippen LogP contribution < -0.4 is 0 Å². The van der Waals surface area contributed by atoms with E-state index in [0.717, 1.165) is 5.70 Å². The third kappa shape index (κ3) is 1.40. The van der Waals surface area contributed by atoms with Gasteiger partial charge in [0.15, 0.2) is 0 Å². The highest BCUT2D eigenvalue weighted by Crippen LogP contribution is 2.17. The van der Waals surface area contributed by atoms with Gasteiger partial charge in [0, 0.05) is 12.4 Å². The van der Waals surface area contributed by atoms with Crippen LogP contribution in [0.3, 0.4) is 0 Å². The standard InChI is InChI=1S/C9H12N2/c1-4-9-8(3)6-7-10-11(9)5-2/h4-7H,2H2,1,3H3/b9-4-. The number of allylic oxidation sites excluding steroid dienone is 3. The second-order valence-corrected chi connectivity index (χ2v) is 2.32.